The highest BCUT2D eigenvalue weighted by molar-refractivity contribution is 5.98. The molecule has 4 rings (SSSR count). The third-order valence-electron chi connectivity index (χ3n) is 5.89. The second-order valence-corrected chi connectivity index (χ2v) is 8.00. The molecule has 1 aromatic carbocycles. The zero-order valence-electron chi connectivity index (χ0n) is 15.5. The lowest BCUT2D eigenvalue weighted by Crippen LogP contribution is -2.54. The number of nitrogens with zero attached hydrogens (tertiary/aromatic N) is 2. The van der Waals surface area contributed by atoms with Crippen molar-refractivity contribution in [2.75, 3.05) is 56.2 Å². The highest BCUT2D eigenvalue weighted by Gasteiger charge is 2.36. The molecular weight excluding hydrogens is 328 g/mol. The molecule has 2 aliphatic heterocycles. The number of nitrogens with two attached hydrogens (primary N) is 1. The summed E-state index contributed by atoms with van der Waals surface area (Å²) in [5.41, 5.74) is 7.46. The van der Waals surface area contributed by atoms with Crippen LogP contribution in [0.5, 0.6) is 0 Å². The van der Waals surface area contributed by atoms with Crippen LogP contribution in [0.25, 0.3) is 0 Å². The average molecular weight is 358 g/mol. The zero-order valence-corrected chi connectivity index (χ0v) is 15.5. The SMILES string of the molecule is NC1(C(=O)Nc2cccc(N3CCN(CC4CC4)CC3)c2)CCOCC1. The van der Waals surface area contributed by atoms with Crippen LogP contribution in [0.4, 0.5) is 11.4 Å². The monoisotopic (exact) mass is 358 g/mol. The van der Waals surface area contributed by atoms with Gasteiger partial charge in [0, 0.05) is 57.3 Å². The summed E-state index contributed by atoms with van der Waals surface area (Å²) in [5.74, 6) is 0.848. The van der Waals surface area contributed by atoms with Crippen molar-refractivity contribution in [1.29, 1.82) is 0 Å². The Kier molecular flexibility index (Phi) is 5.16. The molecule has 3 aliphatic rings. The standard InChI is InChI=1S/C20H30N4O2/c21-20(6-12-26-13-7-20)19(25)22-17-2-1-3-18(14-17)24-10-8-23(9-11-24)15-16-4-5-16/h1-3,14,16H,4-13,15,21H2,(H,22,25). The molecule has 1 saturated carbocycles. The lowest BCUT2D eigenvalue weighted by Gasteiger charge is -2.36. The molecule has 3 fully saturated rings. The number of amides is 1. The Hall–Kier alpha value is -1.63. The molecule has 6 heteroatoms. The molecule has 2 heterocycles. The van der Waals surface area contributed by atoms with Gasteiger partial charge < -0.3 is 20.7 Å². The van der Waals surface area contributed by atoms with Crippen molar-refractivity contribution in [2.24, 2.45) is 11.7 Å². The normalized spacial score (nSPS) is 23.7. The Morgan fingerprint density at radius 3 is 2.62 bits per heavy atom. The van der Waals surface area contributed by atoms with E-state index in [4.69, 9.17) is 10.5 Å². The first-order valence-corrected chi connectivity index (χ1v) is 9.88. The maximum absolute atomic E-state index is 12.6. The molecule has 0 bridgehead atoms. The number of carbonyl (C=O) groups is 1. The van der Waals surface area contributed by atoms with Gasteiger partial charge in [-0.2, -0.15) is 0 Å². The average Bonchev–Trinajstić information content (AvgIpc) is 3.47. The number of rotatable bonds is 5. The molecule has 2 saturated heterocycles. The van der Waals surface area contributed by atoms with E-state index in [1.807, 2.05) is 12.1 Å². The molecule has 0 aromatic heterocycles. The quantitative estimate of drug-likeness (QED) is 0.838. The van der Waals surface area contributed by atoms with Crippen LogP contribution in [0.15, 0.2) is 24.3 Å². The summed E-state index contributed by atoms with van der Waals surface area (Å²) < 4.78 is 5.33. The molecular formula is C20H30N4O2. The first-order valence-electron chi connectivity index (χ1n) is 9.88. The number of benzene rings is 1. The predicted octanol–water partition coefficient (Wildman–Crippen LogP) is 1.66. The van der Waals surface area contributed by atoms with Crippen molar-refractivity contribution in [3.63, 3.8) is 0 Å². The Morgan fingerprint density at radius 2 is 1.92 bits per heavy atom. The predicted molar refractivity (Wildman–Crippen MR) is 103 cm³/mol. The third-order valence-corrected chi connectivity index (χ3v) is 5.89. The molecule has 0 spiro atoms. The summed E-state index contributed by atoms with van der Waals surface area (Å²) in [7, 11) is 0. The van der Waals surface area contributed by atoms with Gasteiger partial charge in [0.15, 0.2) is 0 Å². The first-order chi connectivity index (χ1) is 12.6. The number of anilines is 2. The number of hydrogen-bond acceptors (Lipinski definition) is 5. The van der Waals surface area contributed by atoms with Crippen LogP contribution in [-0.2, 0) is 9.53 Å². The Bertz CT molecular complexity index is 632. The van der Waals surface area contributed by atoms with Gasteiger partial charge >= 0.3 is 0 Å². The van der Waals surface area contributed by atoms with E-state index in [9.17, 15) is 4.79 Å². The van der Waals surface area contributed by atoms with Crippen LogP contribution < -0.4 is 16.0 Å². The number of piperazine rings is 1. The summed E-state index contributed by atoms with van der Waals surface area (Å²) in [4.78, 5) is 17.6. The molecule has 1 amide bonds. The van der Waals surface area contributed by atoms with Crippen LogP contribution in [0.3, 0.4) is 0 Å². The highest BCUT2D eigenvalue weighted by Crippen LogP contribution is 2.30. The maximum Gasteiger partial charge on any atom is 0.244 e. The van der Waals surface area contributed by atoms with Gasteiger partial charge in [0.25, 0.3) is 0 Å². The first kappa shape index (κ1) is 17.8. The summed E-state index contributed by atoms with van der Waals surface area (Å²) in [6, 6.07) is 8.14. The van der Waals surface area contributed by atoms with Crippen LogP contribution in [0.2, 0.25) is 0 Å². The molecule has 6 nitrogen and oxygen atoms in total. The van der Waals surface area contributed by atoms with Crippen LogP contribution >= 0.6 is 0 Å². The van der Waals surface area contributed by atoms with Crippen molar-refractivity contribution < 1.29 is 9.53 Å². The van der Waals surface area contributed by atoms with E-state index in [0.29, 0.717) is 26.1 Å². The van der Waals surface area contributed by atoms with E-state index in [1.54, 1.807) is 0 Å². The molecule has 0 radical (unpaired) electrons. The van der Waals surface area contributed by atoms with E-state index in [1.165, 1.54) is 25.1 Å². The summed E-state index contributed by atoms with van der Waals surface area (Å²) in [5, 5.41) is 3.02. The van der Waals surface area contributed by atoms with Crippen LogP contribution in [0.1, 0.15) is 25.7 Å². The topological polar surface area (TPSA) is 70.8 Å². The van der Waals surface area contributed by atoms with Crippen molar-refractivity contribution >= 4 is 17.3 Å². The van der Waals surface area contributed by atoms with Gasteiger partial charge in [-0.15, -0.1) is 0 Å². The van der Waals surface area contributed by atoms with E-state index in [0.717, 1.165) is 37.8 Å². The van der Waals surface area contributed by atoms with Crippen LogP contribution in [0, 0.1) is 5.92 Å². The van der Waals surface area contributed by atoms with Crippen molar-refractivity contribution in [1.82, 2.24) is 4.90 Å². The third kappa shape index (κ3) is 4.19. The van der Waals surface area contributed by atoms with Gasteiger partial charge in [-0.3, -0.25) is 9.69 Å². The molecule has 0 unspecified atom stereocenters. The van der Waals surface area contributed by atoms with Gasteiger partial charge in [-0.05, 0) is 49.8 Å². The number of hydrogen-bond donors (Lipinski definition) is 2. The second-order valence-electron chi connectivity index (χ2n) is 8.00. The van der Waals surface area contributed by atoms with Crippen LogP contribution in [-0.4, -0.2) is 62.3 Å². The minimum atomic E-state index is -0.817. The largest absolute Gasteiger partial charge is 0.381 e. The minimum absolute atomic E-state index is 0.104. The molecule has 26 heavy (non-hydrogen) atoms. The van der Waals surface area contributed by atoms with E-state index < -0.39 is 5.54 Å². The zero-order chi connectivity index (χ0) is 18.0. The van der Waals surface area contributed by atoms with Gasteiger partial charge in [-0.25, -0.2) is 0 Å². The summed E-state index contributed by atoms with van der Waals surface area (Å²) in [6.45, 7) is 6.71. The summed E-state index contributed by atoms with van der Waals surface area (Å²) in [6.07, 6.45) is 3.97. The molecule has 1 aliphatic carbocycles. The van der Waals surface area contributed by atoms with Gasteiger partial charge in [0.2, 0.25) is 5.91 Å². The van der Waals surface area contributed by atoms with E-state index in [-0.39, 0.29) is 5.91 Å². The number of carbonyl (C=O) groups excluding carboxylic acids is 1. The van der Waals surface area contributed by atoms with E-state index in [2.05, 4.69) is 27.2 Å². The maximum atomic E-state index is 12.6. The molecule has 1 aromatic rings. The fraction of sp³-hybridized carbons (Fsp3) is 0.650. The molecule has 0 atom stereocenters. The van der Waals surface area contributed by atoms with Crippen molar-refractivity contribution in [3.05, 3.63) is 24.3 Å². The highest BCUT2D eigenvalue weighted by atomic mass is 16.5. The van der Waals surface area contributed by atoms with Gasteiger partial charge in [0.1, 0.15) is 5.54 Å². The molecule has 3 N–H and O–H groups in total. The minimum Gasteiger partial charge on any atom is -0.381 e. The van der Waals surface area contributed by atoms with E-state index >= 15 is 0 Å². The fourth-order valence-corrected chi connectivity index (χ4v) is 3.85. The Morgan fingerprint density at radius 1 is 1.19 bits per heavy atom. The smallest absolute Gasteiger partial charge is 0.244 e. The summed E-state index contributed by atoms with van der Waals surface area (Å²) >= 11 is 0. The Balaban J connectivity index is 1.35. The van der Waals surface area contributed by atoms with Gasteiger partial charge in [0.05, 0.1) is 0 Å². The lowest BCUT2D eigenvalue weighted by atomic mass is 9.90. The van der Waals surface area contributed by atoms with Gasteiger partial charge in [-0.1, -0.05) is 6.07 Å². The van der Waals surface area contributed by atoms with Crippen molar-refractivity contribution in [3.8, 4) is 0 Å². The number of nitrogens with one attached hydrogen (secondary N) is 1. The number of ether oxygens (including phenoxy) is 1. The molecule has 142 valence electrons. The fourth-order valence-electron chi connectivity index (χ4n) is 3.85. The van der Waals surface area contributed by atoms with Crippen molar-refractivity contribution in [2.45, 2.75) is 31.2 Å². The second kappa shape index (κ2) is 7.55. The Labute approximate surface area is 155 Å². The lowest BCUT2D eigenvalue weighted by molar-refractivity contribution is -0.124.